The SMILES string of the molecule is C[C@@H](c1ncncc1F)[C@](O)(Cc1nc[nH]n1)c1ccc(F)cc1F. The quantitative estimate of drug-likeness (QED) is 0.738. The number of hydrogen-bond donors (Lipinski definition) is 2. The number of aromatic nitrogens is 5. The van der Waals surface area contributed by atoms with Gasteiger partial charge in [0.15, 0.2) is 11.6 Å². The van der Waals surface area contributed by atoms with E-state index in [9.17, 15) is 18.3 Å². The fourth-order valence-electron chi connectivity index (χ4n) is 2.75. The number of benzene rings is 1. The van der Waals surface area contributed by atoms with Crippen molar-refractivity contribution in [2.24, 2.45) is 0 Å². The normalized spacial score (nSPS) is 14.9. The van der Waals surface area contributed by atoms with Crippen LogP contribution in [0.4, 0.5) is 13.2 Å². The van der Waals surface area contributed by atoms with Crippen molar-refractivity contribution in [1.29, 1.82) is 0 Å². The summed E-state index contributed by atoms with van der Waals surface area (Å²) in [6.45, 7) is 1.49. The van der Waals surface area contributed by atoms with Crippen molar-refractivity contribution in [3.05, 3.63) is 71.6 Å². The molecule has 0 aliphatic carbocycles. The summed E-state index contributed by atoms with van der Waals surface area (Å²) < 4.78 is 41.7. The van der Waals surface area contributed by atoms with E-state index in [0.717, 1.165) is 24.7 Å². The first-order chi connectivity index (χ1) is 11.9. The maximum Gasteiger partial charge on any atom is 0.163 e. The molecule has 0 saturated carbocycles. The second-order valence-corrected chi connectivity index (χ2v) is 5.62. The topological polar surface area (TPSA) is 87.6 Å². The summed E-state index contributed by atoms with van der Waals surface area (Å²) in [5, 5.41) is 17.6. The van der Waals surface area contributed by atoms with Gasteiger partial charge in [-0.1, -0.05) is 13.0 Å². The third-order valence-electron chi connectivity index (χ3n) is 4.11. The zero-order valence-corrected chi connectivity index (χ0v) is 13.1. The molecule has 0 bridgehead atoms. The molecule has 3 rings (SSSR count). The Morgan fingerprint density at radius 2 is 2.00 bits per heavy atom. The minimum absolute atomic E-state index is 0.100. The molecule has 0 amide bonds. The molecule has 130 valence electrons. The van der Waals surface area contributed by atoms with E-state index in [1.807, 2.05) is 0 Å². The molecule has 0 saturated heterocycles. The van der Waals surface area contributed by atoms with E-state index in [1.165, 1.54) is 13.3 Å². The van der Waals surface area contributed by atoms with Crippen molar-refractivity contribution in [2.45, 2.75) is 24.9 Å². The van der Waals surface area contributed by atoms with Gasteiger partial charge in [-0.05, 0) is 6.07 Å². The molecule has 6 nitrogen and oxygen atoms in total. The summed E-state index contributed by atoms with van der Waals surface area (Å²) in [5.41, 5.74) is -2.27. The number of rotatable bonds is 5. The van der Waals surface area contributed by atoms with Gasteiger partial charge >= 0.3 is 0 Å². The third kappa shape index (κ3) is 3.22. The molecule has 0 aliphatic heterocycles. The Bertz CT molecular complexity index is 874. The Balaban J connectivity index is 2.13. The number of nitrogens with one attached hydrogen (secondary N) is 1. The molecule has 0 aliphatic rings. The van der Waals surface area contributed by atoms with Gasteiger partial charge in [-0.25, -0.2) is 28.1 Å². The number of halogens is 3. The highest BCUT2D eigenvalue weighted by atomic mass is 19.1. The van der Waals surface area contributed by atoms with Crippen LogP contribution in [0.1, 0.15) is 29.9 Å². The van der Waals surface area contributed by atoms with E-state index in [1.54, 1.807) is 0 Å². The van der Waals surface area contributed by atoms with Crippen LogP contribution in [0.3, 0.4) is 0 Å². The molecular formula is C16H14F3N5O. The number of aromatic amines is 1. The standard InChI is InChI=1S/C16H14F3N5O/c1-9(15-13(19)6-20-7-22-15)16(25,5-14-21-8-23-24-14)11-3-2-10(17)4-12(11)18/h2-4,6-9,25H,5H2,1H3,(H,21,23,24)/t9-,16+/m0/s1. The largest absolute Gasteiger partial charge is 0.384 e. The zero-order chi connectivity index (χ0) is 18.0. The molecule has 0 unspecified atom stereocenters. The van der Waals surface area contributed by atoms with Crippen molar-refractivity contribution >= 4 is 0 Å². The van der Waals surface area contributed by atoms with E-state index in [0.29, 0.717) is 6.07 Å². The van der Waals surface area contributed by atoms with Gasteiger partial charge in [-0.3, -0.25) is 5.10 Å². The van der Waals surface area contributed by atoms with Crippen LogP contribution in [-0.4, -0.2) is 30.3 Å². The smallest absolute Gasteiger partial charge is 0.163 e. The minimum Gasteiger partial charge on any atom is -0.384 e. The lowest BCUT2D eigenvalue weighted by molar-refractivity contribution is 0.00504. The van der Waals surface area contributed by atoms with E-state index < -0.39 is 29.0 Å². The molecule has 2 heterocycles. The van der Waals surface area contributed by atoms with Crippen LogP contribution in [0.25, 0.3) is 0 Å². The fraction of sp³-hybridized carbons (Fsp3) is 0.250. The highest BCUT2D eigenvalue weighted by molar-refractivity contribution is 5.31. The summed E-state index contributed by atoms with van der Waals surface area (Å²) in [6.07, 6.45) is 3.15. The summed E-state index contributed by atoms with van der Waals surface area (Å²) in [6, 6.07) is 2.79. The Morgan fingerprint density at radius 3 is 2.64 bits per heavy atom. The van der Waals surface area contributed by atoms with E-state index >= 15 is 0 Å². The van der Waals surface area contributed by atoms with Gasteiger partial charge in [0, 0.05) is 24.0 Å². The predicted octanol–water partition coefficient (Wildman–Crippen LogP) is 2.25. The predicted molar refractivity (Wildman–Crippen MR) is 80.7 cm³/mol. The molecule has 25 heavy (non-hydrogen) atoms. The van der Waals surface area contributed by atoms with Crippen LogP contribution in [0.15, 0.2) is 37.1 Å². The third-order valence-corrected chi connectivity index (χ3v) is 4.11. The Labute approximate surface area is 140 Å². The van der Waals surface area contributed by atoms with Crippen LogP contribution in [-0.2, 0) is 12.0 Å². The summed E-state index contributed by atoms with van der Waals surface area (Å²) in [7, 11) is 0. The Morgan fingerprint density at radius 1 is 1.20 bits per heavy atom. The number of hydrogen-bond acceptors (Lipinski definition) is 5. The second-order valence-electron chi connectivity index (χ2n) is 5.62. The van der Waals surface area contributed by atoms with Gasteiger partial charge < -0.3 is 5.11 Å². The van der Waals surface area contributed by atoms with Crippen molar-refractivity contribution < 1.29 is 18.3 Å². The maximum absolute atomic E-state index is 14.4. The molecule has 0 radical (unpaired) electrons. The molecule has 2 atom stereocenters. The Kier molecular flexibility index (Phi) is 4.49. The van der Waals surface area contributed by atoms with Crippen molar-refractivity contribution in [3.8, 4) is 0 Å². The van der Waals surface area contributed by atoms with Gasteiger partial charge in [0.05, 0.1) is 11.9 Å². The van der Waals surface area contributed by atoms with Crippen LogP contribution < -0.4 is 0 Å². The molecule has 0 fully saturated rings. The maximum atomic E-state index is 14.4. The molecule has 2 N–H and O–H groups in total. The molecule has 0 spiro atoms. The monoisotopic (exact) mass is 349 g/mol. The molecule has 1 aromatic carbocycles. The number of nitrogens with zero attached hydrogens (tertiary/aromatic N) is 4. The Hall–Kier alpha value is -2.81. The highest BCUT2D eigenvalue weighted by Gasteiger charge is 2.42. The van der Waals surface area contributed by atoms with Gasteiger partial charge in [-0.2, -0.15) is 5.10 Å². The van der Waals surface area contributed by atoms with Crippen molar-refractivity contribution in [2.75, 3.05) is 0 Å². The van der Waals surface area contributed by atoms with Crippen LogP contribution in [0, 0.1) is 17.5 Å². The summed E-state index contributed by atoms with van der Waals surface area (Å²) in [5.74, 6) is -3.30. The molecule has 9 heteroatoms. The van der Waals surface area contributed by atoms with E-state index in [4.69, 9.17) is 0 Å². The summed E-state index contributed by atoms with van der Waals surface area (Å²) in [4.78, 5) is 11.3. The van der Waals surface area contributed by atoms with Crippen LogP contribution in [0.5, 0.6) is 0 Å². The van der Waals surface area contributed by atoms with Crippen LogP contribution >= 0.6 is 0 Å². The average Bonchev–Trinajstić information content (AvgIpc) is 3.07. The fourth-order valence-corrected chi connectivity index (χ4v) is 2.75. The lowest BCUT2D eigenvalue weighted by Crippen LogP contribution is -2.37. The molecule has 2 aromatic heterocycles. The van der Waals surface area contributed by atoms with Gasteiger partial charge in [-0.15, -0.1) is 0 Å². The van der Waals surface area contributed by atoms with E-state index in [2.05, 4.69) is 25.1 Å². The van der Waals surface area contributed by atoms with Gasteiger partial charge in [0.1, 0.15) is 29.9 Å². The van der Waals surface area contributed by atoms with Crippen molar-refractivity contribution in [1.82, 2.24) is 25.1 Å². The zero-order valence-electron chi connectivity index (χ0n) is 13.1. The highest BCUT2D eigenvalue weighted by Crippen LogP contribution is 2.40. The summed E-state index contributed by atoms with van der Waals surface area (Å²) >= 11 is 0. The van der Waals surface area contributed by atoms with E-state index in [-0.39, 0.29) is 23.5 Å². The minimum atomic E-state index is -1.96. The number of H-pyrrole nitrogens is 1. The first kappa shape index (κ1) is 17.0. The number of aliphatic hydroxyl groups is 1. The van der Waals surface area contributed by atoms with Crippen LogP contribution in [0.2, 0.25) is 0 Å². The molecule has 3 aromatic rings. The first-order valence-corrected chi connectivity index (χ1v) is 7.39. The lowest BCUT2D eigenvalue weighted by atomic mass is 9.77. The van der Waals surface area contributed by atoms with Gasteiger partial charge in [0.2, 0.25) is 0 Å². The average molecular weight is 349 g/mol. The van der Waals surface area contributed by atoms with Crippen molar-refractivity contribution in [3.63, 3.8) is 0 Å². The first-order valence-electron chi connectivity index (χ1n) is 7.39. The molecular weight excluding hydrogens is 335 g/mol. The van der Waals surface area contributed by atoms with Gasteiger partial charge in [0.25, 0.3) is 0 Å². The second kappa shape index (κ2) is 6.60. The lowest BCUT2D eigenvalue weighted by Gasteiger charge is -2.34.